The van der Waals surface area contributed by atoms with Crippen molar-refractivity contribution in [2.75, 3.05) is 17.7 Å². The zero-order valence-corrected chi connectivity index (χ0v) is 16.1. The predicted molar refractivity (Wildman–Crippen MR) is 108 cm³/mol. The van der Waals surface area contributed by atoms with E-state index in [0.717, 1.165) is 11.6 Å². The summed E-state index contributed by atoms with van der Waals surface area (Å²) in [6.07, 6.45) is 1.39. The summed E-state index contributed by atoms with van der Waals surface area (Å²) < 4.78 is 33.7. The second-order valence-electron chi connectivity index (χ2n) is 6.26. The highest BCUT2D eigenvalue weighted by Crippen LogP contribution is 2.26. The summed E-state index contributed by atoms with van der Waals surface area (Å²) in [4.78, 5) is 27.6. The fraction of sp³-hybridized carbons (Fsp3) is 0.0952. The van der Waals surface area contributed by atoms with Gasteiger partial charge in [-0.15, -0.1) is 0 Å². The van der Waals surface area contributed by atoms with Crippen molar-refractivity contribution in [3.05, 3.63) is 77.6 Å². The van der Waals surface area contributed by atoms with Crippen LogP contribution in [0.4, 0.5) is 25.0 Å². The number of amides is 3. The molecule has 0 aliphatic carbocycles. The van der Waals surface area contributed by atoms with Gasteiger partial charge in [0.2, 0.25) is 0 Å². The van der Waals surface area contributed by atoms with Crippen LogP contribution in [0.1, 0.15) is 16.1 Å². The quantitative estimate of drug-likeness (QED) is 0.577. The van der Waals surface area contributed by atoms with Gasteiger partial charge in [-0.2, -0.15) is 0 Å². The van der Waals surface area contributed by atoms with Crippen LogP contribution >= 0.6 is 0 Å². The summed E-state index contributed by atoms with van der Waals surface area (Å²) in [6, 6.07) is 10.2. The topological polar surface area (TPSA) is 92.4 Å². The lowest BCUT2D eigenvalue weighted by atomic mass is 10.2. The Morgan fingerprint density at radius 1 is 0.900 bits per heavy atom. The number of ether oxygens (including phenoxy) is 1. The number of halogens is 2. The zero-order valence-electron chi connectivity index (χ0n) is 16.1. The minimum Gasteiger partial charge on any atom is -0.457 e. The minimum atomic E-state index is -0.795. The van der Waals surface area contributed by atoms with Gasteiger partial charge in [0.05, 0.1) is 11.4 Å². The first-order valence-corrected chi connectivity index (χ1v) is 8.85. The molecule has 0 aliphatic heterocycles. The summed E-state index contributed by atoms with van der Waals surface area (Å²) in [7, 11) is 1.47. The number of rotatable bonds is 5. The third kappa shape index (κ3) is 5.07. The highest BCUT2D eigenvalue weighted by Gasteiger charge is 2.12. The van der Waals surface area contributed by atoms with Crippen LogP contribution in [0.2, 0.25) is 0 Å². The molecule has 0 bridgehead atoms. The summed E-state index contributed by atoms with van der Waals surface area (Å²) in [5.74, 6) is -1.31. The van der Waals surface area contributed by atoms with Gasteiger partial charge in [0.15, 0.2) is 0 Å². The number of carbonyl (C=O) groups excluding carboxylic acids is 2. The molecule has 0 fully saturated rings. The molecule has 154 valence electrons. The van der Waals surface area contributed by atoms with Gasteiger partial charge in [0, 0.05) is 25.4 Å². The largest absolute Gasteiger partial charge is 0.457 e. The Labute approximate surface area is 171 Å². The van der Waals surface area contributed by atoms with Crippen molar-refractivity contribution in [2.24, 2.45) is 0 Å². The lowest BCUT2D eigenvalue weighted by molar-refractivity contribution is 0.0958. The van der Waals surface area contributed by atoms with Gasteiger partial charge < -0.3 is 20.7 Å². The number of nitrogens with zero attached hydrogens (tertiary/aromatic N) is 1. The Balaban J connectivity index is 1.69. The van der Waals surface area contributed by atoms with Crippen molar-refractivity contribution in [1.29, 1.82) is 0 Å². The number of carbonyl (C=O) groups is 2. The molecule has 1 aromatic heterocycles. The highest BCUT2D eigenvalue weighted by atomic mass is 19.1. The number of anilines is 2. The first-order valence-electron chi connectivity index (χ1n) is 8.85. The molecule has 0 aliphatic rings. The maximum atomic E-state index is 14.4. The van der Waals surface area contributed by atoms with E-state index < -0.39 is 17.7 Å². The molecule has 9 heteroatoms. The van der Waals surface area contributed by atoms with Crippen molar-refractivity contribution >= 4 is 23.3 Å². The maximum absolute atomic E-state index is 14.4. The Morgan fingerprint density at radius 3 is 2.37 bits per heavy atom. The van der Waals surface area contributed by atoms with E-state index in [1.54, 1.807) is 13.0 Å². The van der Waals surface area contributed by atoms with E-state index in [9.17, 15) is 18.4 Å². The van der Waals surface area contributed by atoms with Gasteiger partial charge in [-0.1, -0.05) is 6.07 Å². The Kier molecular flexibility index (Phi) is 6.21. The van der Waals surface area contributed by atoms with Crippen molar-refractivity contribution in [2.45, 2.75) is 6.92 Å². The third-order valence-corrected chi connectivity index (χ3v) is 3.99. The Bertz CT molecular complexity index is 1110. The van der Waals surface area contributed by atoms with Crippen LogP contribution in [-0.4, -0.2) is 24.0 Å². The Hall–Kier alpha value is -4.01. The fourth-order valence-corrected chi connectivity index (χ4v) is 2.53. The van der Waals surface area contributed by atoms with Gasteiger partial charge in [-0.25, -0.2) is 13.6 Å². The van der Waals surface area contributed by atoms with Crippen LogP contribution in [0, 0.1) is 18.6 Å². The van der Waals surface area contributed by atoms with E-state index in [1.807, 2.05) is 0 Å². The molecule has 0 saturated carbocycles. The van der Waals surface area contributed by atoms with Gasteiger partial charge in [0.25, 0.3) is 5.91 Å². The molecule has 0 atom stereocenters. The molecule has 7 nitrogen and oxygen atoms in total. The lowest BCUT2D eigenvalue weighted by Crippen LogP contribution is -2.20. The van der Waals surface area contributed by atoms with Crippen LogP contribution in [0.3, 0.4) is 0 Å². The minimum absolute atomic E-state index is 0.0162. The predicted octanol–water partition coefficient (Wildman–Crippen LogP) is 4.46. The smallest absolute Gasteiger partial charge is 0.323 e. The molecular weight excluding hydrogens is 394 g/mol. The monoisotopic (exact) mass is 412 g/mol. The molecular formula is C21H18F2N4O3. The average molecular weight is 412 g/mol. The third-order valence-electron chi connectivity index (χ3n) is 3.99. The first-order chi connectivity index (χ1) is 14.4. The van der Waals surface area contributed by atoms with Crippen LogP contribution < -0.4 is 20.7 Å². The standard InChI is InChI=1S/C21H18F2N4O3/c1-12-3-5-15(22)18(9-12)27-21(29)26-17-6-4-13(10-16(17)23)30-14-7-8-25-19(11-14)20(28)24-2/h3-11H,1-2H3,(H,24,28)(H2,26,27,29). The number of hydrogen-bond donors (Lipinski definition) is 3. The summed E-state index contributed by atoms with van der Waals surface area (Å²) >= 11 is 0. The van der Waals surface area contributed by atoms with E-state index >= 15 is 0 Å². The average Bonchev–Trinajstić information content (AvgIpc) is 2.72. The number of pyridine rings is 1. The number of urea groups is 1. The molecule has 1 heterocycles. The van der Waals surface area contributed by atoms with E-state index in [0.29, 0.717) is 0 Å². The van der Waals surface area contributed by atoms with E-state index in [-0.39, 0.29) is 34.5 Å². The van der Waals surface area contributed by atoms with Crippen molar-refractivity contribution in [3.63, 3.8) is 0 Å². The molecule has 3 aromatic rings. The number of aromatic nitrogens is 1. The molecule has 3 rings (SSSR count). The molecule has 0 saturated heterocycles. The molecule has 30 heavy (non-hydrogen) atoms. The first kappa shape index (κ1) is 20.7. The second-order valence-corrected chi connectivity index (χ2v) is 6.26. The SMILES string of the molecule is CNC(=O)c1cc(Oc2ccc(NC(=O)Nc3cc(C)ccc3F)c(F)c2)ccn1. The maximum Gasteiger partial charge on any atom is 0.323 e. The zero-order chi connectivity index (χ0) is 21.7. The van der Waals surface area contributed by atoms with Crippen LogP contribution in [0.25, 0.3) is 0 Å². The van der Waals surface area contributed by atoms with Gasteiger partial charge in [-0.05, 0) is 42.8 Å². The summed E-state index contributed by atoms with van der Waals surface area (Å²) in [5, 5.41) is 7.10. The van der Waals surface area contributed by atoms with Crippen molar-refractivity contribution in [1.82, 2.24) is 10.3 Å². The normalized spacial score (nSPS) is 10.3. The van der Waals surface area contributed by atoms with E-state index in [2.05, 4.69) is 20.9 Å². The van der Waals surface area contributed by atoms with Crippen LogP contribution in [-0.2, 0) is 0 Å². The molecule has 0 unspecified atom stereocenters. The van der Waals surface area contributed by atoms with E-state index in [4.69, 9.17) is 4.74 Å². The van der Waals surface area contributed by atoms with Gasteiger partial charge >= 0.3 is 6.03 Å². The number of nitrogens with one attached hydrogen (secondary N) is 3. The fourth-order valence-electron chi connectivity index (χ4n) is 2.53. The molecule has 0 spiro atoms. The van der Waals surface area contributed by atoms with Crippen molar-refractivity contribution < 1.29 is 23.1 Å². The summed E-state index contributed by atoms with van der Waals surface area (Å²) in [6.45, 7) is 1.75. The highest BCUT2D eigenvalue weighted by molar-refractivity contribution is 6.00. The number of aryl methyl sites for hydroxylation is 1. The molecule has 0 radical (unpaired) electrons. The Morgan fingerprint density at radius 2 is 1.63 bits per heavy atom. The van der Waals surface area contributed by atoms with E-state index in [1.165, 1.54) is 49.6 Å². The molecule has 3 amide bonds. The summed E-state index contributed by atoms with van der Waals surface area (Å²) in [5.41, 5.74) is 0.773. The van der Waals surface area contributed by atoms with Gasteiger partial charge in [0.1, 0.15) is 28.8 Å². The lowest BCUT2D eigenvalue weighted by Gasteiger charge is -2.11. The second kappa shape index (κ2) is 8.99. The number of hydrogen-bond acceptors (Lipinski definition) is 4. The van der Waals surface area contributed by atoms with Gasteiger partial charge in [-0.3, -0.25) is 9.78 Å². The van der Waals surface area contributed by atoms with Crippen molar-refractivity contribution in [3.8, 4) is 11.5 Å². The molecule has 2 aromatic carbocycles. The van der Waals surface area contributed by atoms with Crippen LogP contribution in [0.5, 0.6) is 11.5 Å². The number of benzene rings is 2. The molecule has 3 N–H and O–H groups in total. The van der Waals surface area contributed by atoms with Crippen LogP contribution in [0.15, 0.2) is 54.7 Å².